The van der Waals surface area contributed by atoms with Crippen LogP contribution in [0.5, 0.6) is 0 Å². The Bertz CT molecular complexity index is 1720. The first-order chi connectivity index (χ1) is 15.3. The summed E-state index contributed by atoms with van der Waals surface area (Å²) in [6, 6.07) is 31.5. The molecule has 2 heterocycles. The fourth-order valence-electron chi connectivity index (χ4n) is 5.23. The van der Waals surface area contributed by atoms with E-state index in [-0.39, 0.29) is 5.56 Å². The number of para-hydroxylation sites is 2. The van der Waals surface area contributed by atoms with Crippen molar-refractivity contribution in [3.05, 3.63) is 112 Å². The number of aromatic nitrogens is 2. The topological polar surface area (TPSA) is 37.8 Å². The van der Waals surface area contributed by atoms with Gasteiger partial charge in [-0.2, -0.15) is 0 Å². The number of pyridine rings is 1. The van der Waals surface area contributed by atoms with Gasteiger partial charge in [-0.3, -0.25) is 4.79 Å². The molecule has 0 saturated carbocycles. The molecule has 0 aliphatic heterocycles. The van der Waals surface area contributed by atoms with E-state index in [0.717, 1.165) is 44.8 Å². The first-order valence-electron chi connectivity index (χ1n) is 10.6. The molecule has 0 spiro atoms. The number of aromatic amines is 1. The van der Waals surface area contributed by atoms with Crippen molar-refractivity contribution in [2.45, 2.75) is 6.42 Å². The average Bonchev–Trinajstić information content (AvgIpc) is 3.34. The maximum Gasteiger partial charge on any atom is 0.258 e. The van der Waals surface area contributed by atoms with Gasteiger partial charge in [-0.25, -0.2) is 0 Å². The van der Waals surface area contributed by atoms with Gasteiger partial charge in [0.2, 0.25) is 0 Å². The monoisotopic (exact) mass is 398 g/mol. The maximum absolute atomic E-state index is 13.3. The van der Waals surface area contributed by atoms with Gasteiger partial charge in [-0.05, 0) is 59.0 Å². The molecule has 7 rings (SSSR count). The molecule has 146 valence electrons. The van der Waals surface area contributed by atoms with E-state index >= 15 is 0 Å². The fraction of sp³-hybridized carbons (Fsp3) is 0.0357. The maximum atomic E-state index is 13.3. The minimum atomic E-state index is -0.0420. The molecule has 1 aliphatic carbocycles. The first kappa shape index (κ1) is 16.7. The van der Waals surface area contributed by atoms with Gasteiger partial charge in [0, 0.05) is 16.5 Å². The van der Waals surface area contributed by atoms with Crippen LogP contribution >= 0.6 is 0 Å². The minimum Gasteiger partial charge on any atom is -0.321 e. The molecule has 3 nitrogen and oxygen atoms in total. The zero-order valence-electron chi connectivity index (χ0n) is 16.7. The van der Waals surface area contributed by atoms with Crippen LogP contribution in [0.25, 0.3) is 49.5 Å². The van der Waals surface area contributed by atoms with Gasteiger partial charge in [-0.15, -0.1) is 0 Å². The van der Waals surface area contributed by atoms with E-state index in [1.807, 2.05) is 36.4 Å². The number of nitrogens with one attached hydrogen (secondary N) is 1. The van der Waals surface area contributed by atoms with E-state index in [4.69, 9.17) is 0 Å². The summed E-state index contributed by atoms with van der Waals surface area (Å²) in [6.07, 6.45) is 0.925. The van der Waals surface area contributed by atoms with E-state index in [1.54, 1.807) is 0 Å². The van der Waals surface area contributed by atoms with Gasteiger partial charge in [0.15, 0.2) is 0 Å². The van der Waals surface area contributed by atoms with Crippen molar-refractivity contribution in [3.8, 4) is 16.8 Å². The quantitative estimate of drug-likeness (QED) is 0.351. The molecule has 3 heteroatoms. The molecule has 0 amide bonds. The highest BCUT2D eigenvalue weighted by atomic mass is 16.1. The Morgan fingerprint density at radius 2 is 1.48 bits per heavy atom. The Balaban J connectivity index is 1.73. The van der Waals surface area contributed by atoms with Crippen LogP contribution in [0.4, 0.5) is 0 Å². The van der Waals surface area contributed by atoms with Gasteiger partial charge >= 0.3 is 0 Å². The Hall–Kier alpha value is -4.11. The number of hydrogen-bond acceptors (Lipinski definition) is 1. The Morgan fingerprint density at radius 1 is 0.710 bits per heavy atom. The van der Waals surface area contributed by atoms with Gasteiger partial charge < -0.3 is 9.55 Å². The molecule has 0 saturated heterocycles. The summed E-state index contributed by atoms with van der Waals surface area (Å²) in [7, 11) is 0. The number of nitrogens with zero attached hydrogens (tertiary/aromatic N) is 1. The third-order valence-electron chi connectivity index (χ3n) is 6.55. The smallest absolute Gasteiger partial charge is 0.258 e. The lowest BCUT2D eigenvalue weighted by Crippen LogP contribution is -2.06. The van der Waals surface area contributed by atoms with Gasteiger partial charge in [-0.1, -0.05) is 60.7 Å². The lowest BCUT2D eigenvalue weighted by molar-refractivity contribution is 1.17. The molecule has 6 aromatic rings. The Kier molecular flexibility index (Phi) is 3.20. The van der Waals surface area contributed by atoms with Crippen LogP contribution in [0.3, 0.4) is 0 Å². The summed E-state index contributed by atoms with van der Waals surface area (Å²) in [5.74, 6) is 0. The van der Waals surface area contributed by atoms with Gasteiger partial charge in [0.05, 0.1) is 21.9 Å². The molecule has 0 bridgehead atoms. The molecule has 31 heavy (non-hydrogen) atoms. The third-order valence-corrected chi connectivity index (χ3v) is 6.55. The second kappa shape index (κ2) is 5.96. The van der Waals surface area contributed by atoms with Crippen LogP contribution in [0.15, 0.2) is 95.8 Å². The fourth-order valence-corrected chi connectivity index (χ4v) is 5.23. The molecule has 0 radical (unpaired) electrons. The first-order valence-corrected chi connectivity index (χ1v) is 10.6. The van der Waals surface area contributed by atoms with Crippen LogP contribution in [0, 0.1) is 0 Å². The molecule has 0 unspecified atom stereocenters. The second-order valence-corrected chi connectivity index (χ2v) is 8.25. The van der Waals surface area contributed by atoms with E-state index in [0.29, 0.717) is 0 Å². The van der Waals surface area contributed by atoms with Crippen molar-refractivity contribution in [1.82, 2.24) is 9.55 Å². The number of fused-ring (bicyclic) bond motifs is 8. The van der Waals surface area contributed by atoms with Crippen molar-refractivity contribution in [2.75, 3.05) is 0 Å². The number of benzene rings is 4. The van der Waals surface area contributed by atoms with Crippen molar-refractivity contribution in [3.63, 3.8) is 0 Å². The van der Waals surface area contributed by atoms with E-state index in [1.165, 1.54) is 22.3 Å². The van der Waals surface area contributed by atoms with Crippen LogP contribution in [0.2, 0.25) is 0 Å². The SMILES string of the molecule is O=c1[nH]c2ccccc2c2c1c1cc3c(cc1n2-c1ccccc1)Cc1ccccc1-3. The van der Waals surface area contributed by atoms with E-state index in [9.17, 15) is 4.79 Å². The summed E-state index contributed by atoms with van der Waals surface area (Å²) in [4.78, 5) is 16.4. The summed E-state index contributed by atoms with van der Waals surface area (Å²) in [6.45, 7) is 0. The molecule has 4 aromatic carbocycles. The predicted octanol–water partition coefficient (Wildman–Crippen LogP) is 6.20. The molecule has 0 atom stereocenters. The highest BCUT2D eigenvalue weighted by Gasteiger charge is 2.23. The highest BCUT2D eigenvalue weighted by Crippen LogP contribution is 2.42. The van der Waals surface area contributed by atoms with E-state index < -0.39 is 0 Å². The molecule has 2 aromatic heterocycles. The zero-order valence-corrected chi connectivity index (χ0v) is 16.7. The largest absolute Gasteiger partial charge is 0.321 e. The molecular weight excluding hydrogens is 380 g/mol. The van der Waals surface area contributed by atoms with Crippen molar-refractivity contribution < 1.29 is 0 Å². The predicted molar refractivity (Wildman–Crippen MR) is 127 cm³/mol. The van der Waals surface area contributed by atoms with Crippen LogP contribution in [-0.4, -0.2) is 9.55 Å². The molecule has 1 aliphatic rings. The van der Waals surface area contributed by atoms with Gasteiger partial charge in [0.25, 0.3) is 5.56 Å². The van der Waals surface area contributed by atoms with Crippen LogP contribution in [-0.2, 0) is 6.42 Å². The van der Waals surface area contributed by atoms with Crippen molar-refractivity contribution in [2.24, 2.45) is 0 Å². The third kappa shape index (κ3) is 2.20. The number of H-pyrrole nitrogens is 1. The normalized spacial score (nSPS) is 12.5. The van der Waals surface area contributed by atoms with Crippen LogP contribution < -0.4 is 5.56 Å². The summed E-state index contributed by atoms with van der Waals surface area (Å²) in [5.41, 5.74) is 9.10. The lowest BCUT2D eigenvalue weighted by atomic mass is 10.0. The van der Waals surface area contributed by atoms with E-state index in [2.05, 4.69) is 64.1 Å². The summed E-state index contributed by atoms with van der Waals surface area (Å²) in [5, 5.41) is 2.81. The van der Waals surface area contributed by atoms with Crippen molar-refractivity contribution in [1.29, 1.82) is 0 Å². The summed E-state index contributed by atoms with van der Waals surface area (Å²) < 4.78 is 2.26. The zero-order chi connectivity index (χ0) is 20.5. The second-order valence-electron chi connectivity index (χ2n) is 8.25. The standard InChI is InChI=1S/C28H18N2O/c31-28-26-23-16-22-18(14-17-8-4-5-11-20(17)22)15-25(23)30(19-9-2-1-3-10-19)27(26)21-12-6-7-13-24(21)29-28/h1-13,15-16H,14H2,(H,29,31). The minimum absolute atomic E-state index is 0.0420. The molecule has 0 fully saturated rings. The molecule has 1 N–H and O–H groups in total. The number of rotatable bonds is 1. The highest BCUT2D eigenvalue weighted by molar-refractivity contribution is 6.18. The number of hydrogen-bond donors (Lipinski definition) is 1. The lowest BCUT2D eigenvalue weighted by Gasteiger charge is -2.10. The van der Waals surface area contributed by atoms with Crippen LogP contribution in [0.1, 0.15) is 11.1 Å². The Morgan fingerprint density at radius 3 is 2.39 bits per heavy atom. The van der Waals surface area contributed by atoms with Gasteiger partial charge in [0.1, 0.15) is 0 Å². The average molecular weight is 398 g/mol. The summed E-state index contributed by atoms with van der Waals surface area (Å²) >= 11 is 0. The Labute approximate surface area is 178 Å². The molecular formula is C28H18N2O. The van der Waals surface area contributed by atoms with Crippen molar-refractivity contribution >= 4 is 32.7 Å².